The van der Waals surface area contributed by atoms with E-state index in [4.69, 9.17) is 5.73 Å². The Morgan fingerprint density at radius 3 is 2.65 bits per heavy atom. The summed E-state index contributed by atoms with van der Waals surface area (Å²) in [4.78, 5) is 14.1. The Hall–Kier alpha value is -1.55. The molecule has 0 aliphatic heterocycles. The van der Waals surface area contributed by atoms with Crippen molar-refractivity contribution in [1.82, 2.24) is 5.32 Å². The molecule has 0 aliphatic carbocycles. The third-order valence-corrected chi connectivity index (χ3v) is 3.13. The molecule has 3 N–H and O–H groups in total. The van der Waals surface area contributed by atoms with Crippen LogP contribution in [-0.4, -0.2) is 32.1 Å². The summed E-state index contributed by atoms with van der Waals surface area (Å²) in [6, 6.07) is 8.14. The van der Waals surface area contributed by atoms with E-state index in [-0.39, 0.29) is 5.91 Å². The zero-order valence-corrected chi connectivity index (χ0v) is 12.9. The van der Waals surface area contributed by atoms with Gasteiger partial charge >= 0.3 is 0 Å². The molecular formula is C16H27N3O. The van der Waals surface area contributed by atoms with Gasteiger partial charge in [-0.15, -0.1) is 0 Å². The van der Waals surface area contributed by atoms with Gasteiger partial charge in [0.1, 0.15) is 0 Å². The molecule has 0 bridgehead atoms. The van der Waals surface area contributed by atoms with Crippen molar-refractivity contribution < 1.29 is 4.79 Å². The molecule has 0 heterocycles. The average Bonchev–Trinajstić information content (AvgIpc) is 2.42. The fraction of sp³-hybridized carbons (Fsp3) is 0.562. The van der Waals surface area contributed by atoms with Crippen molar-refractivity contribution in [2.75, 3.05) is 31.1 Å². The van der Waals surface area contributed by atoms with Crippen molar-refractivity contribution in [2.24, 2.45) is 11.7 Å². The number of amides is 1. The zero-order chi connectivity index (χ0) is 15.0. The molecule has 0 radical (unpaired) electrons. The molecule has 0 aromatic heterocycles. The van der Waals surface area contributed by atoms with Crippen LogP contribution in [0.2, 0.25) is 0 Å². The summed E-state index contributed by atoms with van der Waals surface area (Å²) in [6.45, 7) is 8.79. The zero-order valence-electron chi connectivity index (χ0n) is 12.9. The highest BCUT2D eigenvalue weighted by atomic mass is 16.2. The largest absolute Gasteiger partial charge is 0.362 e. The number of para-hydroxylation sites is 1. The molecule has 4 nitrogen and oxygen atoms in total. The molecule has 1 amide bonds. The molecule has 0 spiro atoms. The first kappa shape index (κ1) is 16.5. The Morgan fingerprint density at radius 1 is 1.35 bits per heavy atom. The lowest BCUT2D eigenvalue weighted by molar-refractivity contribution is -0.119. The number of rotatable bonds is 8. The molecule has 0 saturated heterocycles. The van der Waals surface area contributed by atoms with Gasteiger partial charge in [0.2, 0.25) is 5.91 Å². The maximum absolute atomic E-state index is 12.0. The summed E-state index contributed by atoms with van der Waals surface area (Å²) < 4.78 is 0. The highest BCUT2D eigenvalue weighted by molar-refractivity contribution is 5.81. The van der Waals surface area contributed by atoms with Crippen molar-refractivity contribution in [1.29, 1.82) is 0 Å². The first-order valence-electron chi connectivity index (χ1n) is 7.32. The van der Waals surface area contributed by atoms with E-state index in [0.717, 1.165) is 25.2 Å². The molecule has 1 aromatic rings. The van der Waals surface area contributed by atoms with Crippen LogP contribution in [0.4, 0.5) is 5.69 Å². The molecule has 1 rings (SSSR count). The van der Waals surface area contributed by atoms with Crippen molar-refractivity contribution in [3.05, 3.63) is 29.8 Å². The third-order valence-electron chi connectivity index (χ3n) is 3.13. The SMILES string of the molecule is Cc1ccccc1N(CCCN)CC(=O)NCC(C)C. The van der Waals surface area contributed by atoms with E-state index in [9.17, 15) is 4.79 Å². The number of nitrogens with zero attached hydrogens (tertiary/aromatic N) is 1. The topological polar surface area (TPSA) is 58.4 Å². The standard InChI is InChI=1S/C16H27N3O/c1-13(2)11-18-16(20)12-19(10-6-9-17)15-8-5-4-7-14(15)3/h4-5,7-8,13H,6,9-12,17H2,1-3H3,(H,18,20). The highest BCUT2D eigenvalue weighted by Crippen LogP contribution is 2.19. The van der Waals surface area contributed by atoms with Crippen LogP contribution in [0.5, 0.6) is 0 Å². The quantitative estimate of drug-likeness (QED) is 0.763. The van der Waals surface area contributed by atoms with E-state index in [1.165, 1.54) is 5.56 Å². The number of hydrogen-bond acceptors (Lipinski definition) is 3. The normalized spacial score (nSPS) is 10.7. The van der Waals surface area contributed by atoms with E-state index in [2.05, 4.69) is 43.1 Å². The molecule has 20 heavy (non-hydrogen) atoms. The van der Waals surface area contributed by atoms with Crippen LogP contribution in [0.1, 0.15) is 25.8 Å². The summed E-state index contributed by atoms with van der Waals surface area (Å²) in [5.74, 6) is 0.536. The minimum Gasteiger partial charge on any atom is -0.362 e. The Kier molecular flexibility index (Phi) is 7.09. The Balaban J connectivity index is 2.69. The molecule has 0 fully saturated rings. The number of carbonyl (C=O) groups excluding carboxylic acids is 1. The summed E-state index contributed by atoms with van der Waals surface area (Å²) in [5.41, 5.74) is 7.89. The van der Waals surface area contributed by atoms with Crippen LogP contribution in [0.3, 0.4) is 0 Å². The van der Waals surface area contributed by atoms with Gasteiger partial charge in [-0.25, -0.2) is 0 Å². The first-order chi connectivity index (χ1) is 9.54. The van der Waals surface area contributed by atoms with Gasteiger partial charge in [-0.05, 0) is 37.4 Å². The Bertz CT molecular complexity index is 418. The third kappa shape index (κ3) is 5.61. The fourth-order valence-corrected chi connectivity index (χ4v) is 2.03. The molecule has 0 unspecified atom stereocenters. The molecule has 0 saturated carbocycles. The summed E-state index contributed by atoms with van der Waals surface area (Å²) in [6.07, 6.45) is 0.881. The van der Waals surface area contributed by atoms with Crippen LogP contribution >= 0.6 is 0 Å². The van der Waals surface area contributed by atoms with Crippen LogP contribution < -0.4 is 16.0 Å². The number of nitrogens with two attached hydrogens (primary N) is 1. The number of carbonyl (C=O) groups is 1. The van der Waals surface area contributed by atoms with Crippen LogP contribution in [0.15, 0.2) is 24.3 Å². The molecule has 1 aromatic carbocycles. The van der Waals surface area contributed by atoms with Crippen molar-refractivity contribution in [3.63, 3.8) is 0 Å². The number of anilines is 1. The maximum Gasteiger partial charge on any atom is 0.239 e. The van der Waals surface area contributed by atoms with E-state index < -0.39 is 0 Å². The molecule has 0 atom stereocenters. The van der Waals surface area contributed by atoms with Crippen LogP contribution in [0, 0.1) is 12.8 Å². The minimum atomic E-state index is 0.0685. The molecule has 112 valence electrons. The smallest absolute Gasteiger partial charge is 0.239 e. The number of benzene rings is 1. The van der Waals surface area contributed by atoms with Gasteiger partial charge in [-0.1, -0.05) is 32.0 Å². The Morgan fingerprint density at radius 2 is 2.05 bits per heavy atom. The lowest BCUT2D eigenvalue weighted by Gasteiger charge is -2.26. The van der Waals surface area contributed by atoms with E-state index >= 15 is 0 Å². The number of aryl methyl sites for hydroxylation is 1. The summed E-state index contributed by atoms with van der Waals surface area (Å²) in [5, 5.41) is 2.97. The maximum atomic E-state index is 12.0. The number of nitrogens with one attached hydrogen (secondary N) is 1. The van der Waals surface area contributed by atoms with Gasteiger partial charge < -0.3 is 16.0 Å². The van der Waals surface area contributed by atoms with E-state index in [1.807, 2.05) is 12.1 Å². The monoisotopic (exact) mass is 277 g/mol. The van der Waals surface area contributed by atoms with Crippen molar-refractivity contribution in [2.45, 2.75) is 27.2 Å². The second-order valence-corrected chi connectivity index (χ2v) is 5.55. The fourth-order valence-electron chi connectivity index (χ4n) is 2.03. The molecule has 0 aliphatic rings. The molecular weight excluding hydrogens is 250 g/mol. The predicted molar refractivity (Wildman–Crippen MR) is 84.9 cm³/mol. The van der Waals surface area contributed by atoms with Gasteiger partial charge in [0.05, 0.1) is 6.54 Å². The highest BCUT2D eigenvalue weighted by Gasteiger charge is 2.13. The first-order valence-corrected chi connectivity index (χ1v) is 7.32. The van der Waals surface area contributed by atoms with Crippen molar-refractivity contribution in [3.8, 4) is 0 Å². The Labute approximate surface area is 122 Å². The van der Waals surface area contributed by atoms with Crippen LogP contribution in [0.25, 0.3) is 0 Å². The summed E-state index contributed by atoms with van der Waals surface area (Å²) >= 11 is 0. The molecule has 4 heteroatoms. The van der Waals surface area contributed by atoms with Gasteiger partial charge in [0, 0.05) is 18.8 Å². The lowest BCUT2D eigenvalue weighted by Crippen LogP contribution is -2.39. The second kappa shape index (κ2) is 8.59. The lowest BCUT2D eigenvalue weighted by atomic mass is 10.1. The summed E-state index contributed by atoms with van der Waals surface area (Å²) in [7, 11) is 0. The van der Waals surface area contributed by atoms with Gasteiger partial charge in [-0.3, -0.25) is 4.79 Å². The average molecular weight is 277 g/mol. The van der Waals surface area contributed by atoms with E-state index in [0.29, 0.717) is 19.0 Å². The second-order valence-electron chi connectivity index (χ2n) is 5.55. The predicted octanol–water partition coefficient (Wildman–Crippen LogP) is 1.92. The van der Waals surface area contributed by atoms with Gasteiger partial charge in [0.15, 0.2) is 0 Å². The van der Waals surface area contributed by atoms with Crippen LogP contribution in [-0.2, 0) is 4.79 Å². The van der Waals surface area contributed by atoms with Gasteiger partial charge in [-0.2, -0.15) is 0 Å². The minimum absolute atomic E-state index is 0.0685. The van der Waals surface area contributed by atoms with Gasteiger partial charge in [0.25, 0.3) is 0 Å². The number of hydrogen-bond donors (Lipinski definition) is 2. The van der Waals surface area contributed by atoms with Crippen molar-refractivity contribution >= 4 is 11.6 Å². The van der Waals surface area contributed by atoms with E-state index in [1.54, 1.807) is 0 Å².